The van der Waals surface area contributed by atoms with Crippen molar-refractivity contribution in [3.05, 3.63) is 97.2 Å². The van der Waals surface area contributed by atoms with Crippen molar-refractivity contribution in [3.63, 3.8) is 0 Å². The molecule has 260 valence electrons. The van der Waals surface area contributed by atoms with Crippen molar-refractivity contribution in [2.75, 3.05) is 19.8 Å². The van der Waals surface area contributed by atoms with Gasteiger partial charge in [-0.15, -0.1) is 0 Å². The Hall–Kier alpha value is -2.58. The Kier molecular flexibility index (Phi) is 30.5. The van der Waals surface area contributed by atoms with Gasteiger partial charge in [-0.2, -0.15) is 0 Å². The molecule has 0 saturated heterocycles. The molecule has 3 atom stereocenters. The van der Waals surface area contributed by atoms with Crippen LogP contribution in [0.5, 0.6) is 0 Å². The Bertz CT molecular complexity index is 1030. The summed E-state index contributed by atoms with van der Waals surface area (Å²) in [6.45, 7) is 3.81. The van der Waals surface area contributed by atoms with Gasteiger partial charge in [0.1, 0.15) is 0 Å². The van der Waals surface area contributed by atoms with Gasteiger partial charge in [0.05, 0.1) is 25.4 Å². The molecule has 9 heteroatoms. The number of amides is 1. The average molecular weight is 661 g/mol. The molecule has 0 spiro atoms. The fraction of sp³-hybridized carbons (Fsp3) is 0.541. The van der Waals surface area contributed by atoms with Crippen LogP contribution in [0.2, 0.25) is 0 Å². The van der Waals surface area contributed by atoms with Gasteiger partial charge in [0.25, 0.3) is 0 Å². The molecule has 0 rings (SSSR count). The molecule has 8 nitrogen and oxygen atoms in total. The van der Waals surface area contributed by atoms with E-state index in [4.69, 9.17) is 14.8 Å². The molecule has 0 aliphatic rings. The first-order valence-electron chi connectivity index (χ1n) is 16.9. The van der Waals surface area contributed by atoms with Crippen LogP contribution in [0.25, 0.3) is 0 Å². The summed E-state index contributed by atoms with van der Waals surface area (Å²) in [4.78, 5) is 22.4. The Balaban J connectivity index is 4.66. The van der Waals surface area contributed by atoms with E-state index in [1.165, 1.54) is 12.8 Å². The van der Waals surface area contributed by atoms with Crippen LogP contribution in [-0.2, 0) is 18.4 Å². The fourth-order valence-corrected chi connectivity index (χ4v) is 4.62. The van der Waals surface area contributed by atoms with Crippen LogP contribution >= 0.6 is 7.82 Å². The van der Waals surface area contributed by atoms with Crippen LogP contribution in [-0.4, -0.2) is 47.8 Å². The summed E-state index contributed by atoms with van der Waals surface area (Å²) < 4.78 is 21.9. The molecule has 3 unspecified atom stereocenters. The summed E-state index contributed by atoms with van der Waals surface area (Å²) >= 11 is 0. The zero-order valence-corrected chi connectivity index (χ0v) is 29.2. The lowest BCUT2D eigenvalue weighted by Crippen LogP contribution is -2.45. The maximum Gasteiger partial charge on any atom is 0.472 e. The monoisotopic (exact) mass is 660 g/mol. The van der Waals surface area contributed by atoms with E-state index in [0.717, 1.165) is 51.4 Å². The number of hydrogen-bond acceptors (Lipinski definition) is 6. The summed E-state index contributed by atoms with van der Waals surface area (Å²) in [5.74, 6) is -0.343. The Morgan fingerprint density at radius 2 is 1.24 bits per heavy atom. The summed E-state index contributed by atoms with van der Waals surface area (Å²) in [7, 11) is -4.37. The van der Waals surface area contributed by atoms with Crippen LogP contribution in [0.15, 0.2) is 97.2 Å². The molecule has 0 radical (unpaired) electrons. The molecule has 0 heterocycles. The predicted molar refractivity (Wildman–Crippen MR) is 193 cm³/mol. The molecule has 46 heavy (non-hydrogen) atoms. The van der Waals surface area contributed by atoms with E-state index in [9.17, 15) is 19.4 Å². The lowest BCUT2D eigenvalue weighted by Gasteiger charge is -2.23. The number of allylic oxidation sites excluding steroid dienone is 14. The Morgan fingerprint density at radius 1 is 0.739 bits per heavy atom. The second-order valence-corrected chi connectivity index (χ2v) is 12.1. The van der Waals surface area contributed by atoms with Gasteiger partial charge in [-0.1, -0.05) is 124 Å². The van der Waals surface area contributed by atoms with Gasteiger partial charge < -0.3 is 21.1 Å². The molecule has 0 saturated carbocycles. The normalized spacial score (nSPS) is 15.7. The van der Waals surface area contributed by atoms with Crippen molar-refractivity contribution in [1.29, 1.82) is 0 Å². The Labute approximate surface area is 279 Å². The van der Waals surface area contributed by atoms with Crippen molar-refractivity contribution in [2.45, 2.75) is 109 Å². The average Bonchev–Trinajstić information content (AvgIpc) is 3.04. The highest BCUT2D eigenvalue weighted by molar-refractivity contribution is 7.47. The lowest BCUT2D eigenvalue weighted by molar-refractivity contribution is -0.122. The molecule has 0 fully saturated rings. The number of aliphatic hydroxyl groups is 1. The smallest absolute Gasteiger partial charge is 0.387 e. The van der Waals surface area contributed by atoms with Gasteiger partial charge in [-0.05, 0) is 64.2 Å². The third kappa shape index (κ3) is 30.1. The van der Waals surface area contributed by atoms with E-state index in [1.54, 1.807) is 12.2 Å². The highest BCUT2D eigenvalue weighted by Crippen LogP contribution is 2.43. The van der Waals surface area contributed by atoms with Gasteiger partial charge in [0, 0.05) is 13.0 Å². The first-order valence-corrected chi connectivity index (χ1v) is 18.4. The van der Waals surface area contributed by atoms with E-state index >= 15 is 0 Å². The number of nitrogens with one attached hydrogen (secondary N) is 1. The fourth-order valence-electron chi connectivity index (χ4n) is 3.86. The molecule has 0 aliphatic carbocycles. The van der Waals surface area contributed by atoms with Crippen LogP contribution in [0, 0.1) is 0 Å². The van der Waals surface area contributed by atoms with Crippen LogP contribution < -0.4 is 11.1 Å². The number of nitrogens with two attached hydrogens (primary N) is 1. The second-order valence-electron chi connectivity index (χ2n) is 10.6. The summed E-state index contributed by atoms with van der Waals surface area (Å²) in [5.41, 5.74) is 5.33. The molecular weight excluding hydrogens is 599 g/mol. The van der Waals surface area contributed by atoms with E-state index < -0.39 is 26.6 Å². The van der Waals surface area contributed by atoms with Crippen molar-refractivity contribution < 1.29 is 28.4 Å². The zero-order chi connectivity index (χ0) is 34.0. The largest absolute Gasteiger partial charge is 0.472 e. The first kappa shape index (κ1) is 43.4. The maximum atomic E-state index is 12.6. The number of hydrogen-bond donors (Lipinski definition) is 4. The first-order chi connectivity index (χ1) is 22.4. The van der Waals surface area contributed by atoms with Gasteiger partial charge in [-0.3, -0.25) is 13.8 Å². The van der Waals surface area contributed by atoms with Crippen molar-refractivity contribution in [2.24, 2.45) is 5.73 Å². The number of aliphatic hydroxyl groups excluding tert-OH is 1. The summed E-state index contributed by atoms with van der Waals surface area (Å²) in [6.07, 6.45) is 43.4. The SMILES string of the molecule is CC/C=C\C/C=C\C/C=C\C/C=C\C/C=C\CC(=O)NC(COP(=O)(O)OCCN)C(O)/C=C/CC/C=C/CC/C=C/CCCC. The quantitative estimate of drug-likeness (QED) is 0.0360. The summed E-state index contributed by atoms with van der Waals surface area (Å²) in [5, 5.41) is 13.4. The van der Waals surface area contributed by atoms with Crippen molar-refractivity contribution >= 4 is 13.7 Å². The standard InChI is InChI=1S/C37H61N2O6P/c1-3-5-7-9-11-13-15-17-18-19-21-23-25-27-29-31-37(41)39-35(34-45-46(42,43)44-33-32-38)36(40)30-28-26-24-22-20-16-14-12-10-8-6-4-2/h5,7,10-13,17-18,20-23,27-30,35-36,40H,3-4,6,8-9,14-16,19,24-26,31-34,38H2,1-2H3,(H,39,41)(H,42,43)/b7-5-,12-10+,13-11-,18-17-,22-20+,23-21-,29-27-,30-28+. The third-order valence-corrected chi connectivity index (χ3v) is 7.38. The molecular formula is C37H61N2O6P. The van der Waals surface area contributed by atoms with Gasteiger partial charge >= 0.3 is 7.82 Å². The molecule has 0 aromatic carbocycles. The maximum absolute atomic E-state index is 12.6. The van der Waals surface area contributed by atoms with Crippen LogP contribution in [0.3, 0.4) is 0 Å². The number of unbranched alkanes of at least 4 members (excludes halogenated alkanes) is 4. The van der Waals surface area contributed by atoms with Crippen molar-refractivity contribution in [3.8, 4) is 0 Å². The number of carbonyl (C=O) groups excluding carboxylic acids is 1. The number of rotatable bonds is 29. The van der Waals surface area contributed by atoms with Crippen molar-refractivity contribution in [1.82, 2.24) is 5.32 Å². The van der Waals surface area contributed by atoms with E-state index in [-0.39, 0.29) is 25.5 Å². The predicted octanol–water partition coefficient (Wildman–Crippen LogP) is 8.49. The van der Waals surface area contributed by atoms with E-state index in [0.29, 0.717) is 12.8 Å². The highest BCUT2D eigenvalue weighted by atomic mass is 31.2. The van der Waals surface area contributed by atoms with Gasteiger partial charge in [-0.25, -0.2) is 4.57 Å². The minimum Gasteiger partial charge on any atom is -0.387 e. The van der Waals surface area contributed by atoms with Gasteiger partial charge in [0.15, 0.2) is 0 Å². The summed E-state index contributed by atoms with van der Waals surface area (Å²) in [6, 6.07) is -0.941. The molecule has 0 aromatic rings. The molecule has 0 bridgehead atoms. The zero-order valence-electron chi connectivity index (χ0n) is 28.3. The third-order valence-electron chi connectivity index (χ3n) is 6.40. The van der Waals surface area contributed by atoms with Crippen LogP contribution in [0.1, 0.15) is 97.3 Å². The highest BCUT2D eigenvalue weighted by Gasteiger charge is 2.26. The number of phosphoric acid groups is 1. The lowest BCUT2D eigenvalue weighted by atomic mass is 10.1. The van der Waals surface area contributed by atoms with Gasteiger partial charge in [0.2, 0.25) is 5.91 Å². The van der Waals surface area contributed by atoms with E-state index in [2.05, 4.69) is 86.0 Å². The number of phosphoric ester groups is 1. The minimum absolute atomic E-state index is 0.0524. The second kappa shape index (κ2) is 32.4. The molecule has 0 aromatic heterocycles. The molecule has 5 N–H and O–H groups in total. The topological polar surface area (TPSA) is 131 Å². The van der Waals surface area contributed by atoms with E-state index in [1.807, 2.05) is 18.2 Å². The minimum atomic E-state index is -4.37. The molecule has 1 amide bonds. The Morgan fingerprint density at radius 3 is 1.76 bits per heavy atom. The molecule has 0 aliphatic heterocycles. The number of carbonyl (C=O) groups is 1. The van der Waals surface area contributed by atoms with Crippen LogP contribution in [0.4, 0.5) is 0 Å².